The summed E-state index contributed by atoms with van der Waals surface area (Å²) in [5, 5.41) is 3.60. The van der Waals surface area contributed by atoms with Crippen LogP contribution >= 0.6 is 11.3 Å². The van der Waals surface area contributed by atoms with E-state index in [1.54, 1.807) is 0 Å². The molecule has 3 N–H and O–H groups in total. The van der Waals surface area contributed by atoms with Crippen LogP contribution in [0.25, 0.3) is 20.7 Å². The second kappa shape index (κ2) is 7.01. The molecule has 26 heavy (non-hydrogen) atoms. The van der Waals surface area contributed by atoms with E-state index in [0.717, 1.165) is 33.0 Å². The van der Waals surface area contributed by atoms with Crippen LogP contribution in [-0.4, -0.2) is 35.5 Å². The first kappa shape index (κ1) is 16.9. The van der Waals surface area contributed by atoms with Gasteiger partial charge in [0.1, 0.15) is 11.4 Å². The predicted molar refractivity (Wildman–Crippen MR) is 102 cm³/mol. The summed E-state index contributed by atoms with van der Waals surface area (Å²) in [6.07, 6.45) is 2.16. The molecule has 0 bridgehead atoms. The molecule has 1 saturated carbocycles. The van der Waals surface area contributed by atoms with Gasteiger partial charge in [-0.3, -0.25) is 9.59 Å². The highest BCUT2D eigenvalue weighted by Gasteiger charge is 2.24. The SMILES string of the molecule is C[NH+](CC(=O)NC1CC1)Cc1nc2sc(-c3ccccc3)cc2c(=O)[nH]1. The van der Waals surface area contributed by atoms with E-state index in [0.29, 0.717) is 30.3 Å². The van der Waals surface area contributed by atoms with Crippen molar-refractivity contribution in [1.82, 2.24) is 15.3 Å². The lowest BCUT2D eigenvalue weighted by Crippen LogP contribution is -3.09. The van der Waals surface area contributed by atoms with E-state index in [-0.39, 0.29) is 11.5 Å². The van der Waals surface area contributed by atoms with Crippen LogP contribution in [0.2, 0.25) is 0 Å². The molecule has 0 saturated heterocycles. The first-order chi connectivity index (χ1) is 12.6. The number of quaternary nitrogens is 1. The third-order valence-electron chi connectivity index (χ3n) is 4.38. The van der Waals surface area contributed by atoms with Gasteiger partial charge < -0.3 is 15.2 Å². The van der Waals surface area contributed by atoms with E-state index in [9.17, 15) is 9.59 Å². The van der Waals surface area contributed by atoms with Crippen molar-refractivity contribution in [1.29, 1.82) is 0 Å². The lowest BCUT2D eigenvalue weighted by molar-refractivity contribution is -0.886. The molecule has 4 rings (SSSR count). The Hall–Kier alpha value is -2.51. The van der Waals surface area contributed by atoms with Gasteiger partial charge in [-0.2, -0.15) is 0 Å². The number of rotatable bonds is 6. The van der Waals surface area contributed by atoms with Gasteiger partial charge in [-0.15, -0.1) is 11.3 Å². The molecule has 1 fully saturated rings. The molecule has 1 amide bonds. The van der Waals surface area contributed by atoms with Crippen molar-refractivity contribution >= 4 is 27.5 Å². The number of thiophene rings is 1. The van der Waals surface area contributed by atoms with Crippen molar-refractivity contribution in [2.24, 2.45) is 0 Å². The molecule has 3 aromatic rings. The largest absolute Gasteiger partial charge is 0.348 e. The fourth-order valence-electron chi connectivity index (χ4n) is 2.93. The maximum atomic E-state index is 12.4. The highest BCUT2D eigenvalue weighted by atomic mass is 32.1. The lowest BCUT2D eigenvalue weighted by Gasteiger charge is -2.12. The van der Waals surface area contributed by atoms with Crippen molar-refractivity contribution in [3.63, 3.8) is 0 Å². The predicted octanol–water partition coefficient (Wildman–Crippen LogP) is 0.945. The third-order valence-corrected chi connectivity index (χ3v) is 5.46. The molecule has 1 atom stereocenters. The van der Waals surface area contributed by atoms with Gasteiger partial charge in [0.15, 0.2) is 12.4 Å². The van der Waals surface area contributed by atoms with Gasteiger partial charge in [-0.1, -0.05) is 30.3 Å². The lowest BCUT2D eigenvalue weighted by atomic mass is 10.2. The molecular weight excluding hydrogens is 348 g/mol. The number of H-pyrrole nitrogens is 1. The second-order valence-corrected chi connectivity index (χ2v) is 7.89. The number of likely N-dealkylation sites (N-methyl/N-ethyl adjacent to an activating group) is 1. The number of carbonyl (C=O) groups is 1. The summed E-state index contributed by atoms with van der Waals surface area (Å²) in [5.74, 6) is 0.664. The molecule has 0 aliphatic heterocycles. The minimum Gasteiger partial charge on any atom is -0.348 e. The Morgan fingerprint density at radius 3 is 2.85 bits per heavy atom. The van der Waals surface area contributed by atoms with Gasteiger partial charge in [0, 0.05) is 10.9 Å². The van der Waals surface area contributed by atoms with Crippen LogP contribution in [0.1, 0.15) is 18.7 Å². The third kappa shape index (κ3) is 3.84. The minimum atomic E-state index is -0.126. The van der Waals surface area contributed by atoms with Crippen LogP contribution < -0.4 is 15.8 Å². The Bertz CT molecular complexity index is 992. The van der Waals surface area contributed by atoms with Crippen molar-refractivity contribution in [2.45, 2.75) is 25.4 Å². The molecule has 1 aromatic carbocycles. The molecule has 1 aliphatic carbocycles. The van der Waals surface area contributed by atoms with Crippen LogP contribution in [0.3, 0.4) is 0 Å². The summed E-state index contributed by atoms with van der Waals surface area (Å²) >= 11 is 1.52. The number of amides is 1. The Labute approximate surface area is 154 Å². The van der Waals surface area contributed by atoms with Gasteiger partial charge in [-0.05, 0) is 24.5 Å². The van der Waals surface area contributed by atoms with E-state index in [1.807, 2.05) is 43.4 Å². The molecule has 0 radical (unpaired) electrons. The average molecular weight is 369 g/mol. The number of benzene rings is 1. The standard InChI is InChI=1S/C19H20N4O2S/c1-23(11-17(24)20-13-7-8-13)10-16-21-18(25)14-9-15(26-19(14)22-16)12-5-3-2-4-6-12/h2-6,9,13H,7-8,10-11H2,1H3,(H,20,24)(H,21,22,25)/p+1. The van der Waals surface area contributed by atoms with Crippen LogP contribution in [0.5, 0.6) is 0 Å². The summed E-state index contributed by atoms with van der Waals surface area (Å²) in [5.41, 5.74) is 0.953. The molecule has 134 valence electrons. The van der Waals surface area contributed by atoms with Gasteiger partial charge in [0.25, 0.3) is 11.5 Å². The quantitative estimate of drug-likeness (QED) is 0.605. The summed E-state index contributed by atoms with van der Waals surface area (Å²) in [6.45, 7) is 0.875. The average Bonchev–Trinajstić information content (AvgIpc) is 3.30. The summed E-state index contributed by atoms with van der Waals surface area (Å²) in [7, 11) is 1.93. The van der Waals surface area contributed by atoms with Gasteiger partial charge in [-0.25, -0.2) is 4.98 Å². The second-order valence-electron chi connectivity index (χ2n) is 6.86. The number of hydrogen-bond donors (Lipinski definition) is 3. The van der Waals surface area contributed by atoms with Crippen LogP contribution in [0, 0.1) is 0 Å². The number of hydrogen-bond acceptors (Lipinski definition) is 4. The fraction of sp³-hybridized carbons (Fsp3) is 0.316. The number of fused-ring (bicyclic) bond motifs is 1. The van der Waals surface area contributed by atoms with E-state index < -0.39 is 0 Å². The smallest absolute Gasteiger partial charge is 0.275 e. The van der Waals surface area contributed by atoms with Gasteiger partial charge in [0.2, 0.25) is 0 Å². The Kier molecular flexibility index (Phi) is 4.57. The Balaban J connectivity index is 1.52. The normalized spacial score (nSPS) is 15.1. The van der Waals surface area contributed by atoms with E-state index in [1.165, 1.54) is 11.3 Å². The van der Waals surface area contributed by atoms with Crippen molar-refractivity contribution < 1.29 is 9.69 Å². The number of carbonyl (C=O) groups excluding carboxylic acids is 1. The van der Waals surface area contributed by atoms with E-state index in [4.69, 9.17) is 0 Å². The zero-order chi connectivity index (χ0) is 18.1. The highest BCUT2D eigenvalue weighted by molar-refractivity contribution is 7.21. The molecular formula is C19H21N4O2S+. The van der Waals surface area contributed by atoms with Gasteiger partial charge >= 0.3 is 0 Å². The minimum absolute atomic E-state index is 0.0518. The van der Waals surface area contributed by atoms with E-state index >= 15 is 0 Å². The number of aromatic nitrogens is 2. The van der Waals surface area contributed by atoms with Crippen molar-refractivity contribution in [2.75, 3.05) is 13.6 Å². The molecule has 1 aliphatic rings. The van der Waals surface area contributed by atoms with E-state index in [2.05, 4.69) is 15.3 Å². The Morgan fingerprint density at radius 2 is 2.12 bits per heavy atom. The van der Waals surface area contributed by atoms with Gasteiger partial charge in [0.05, 0.1) is 12.4 Å². The molecule has 2 aromatic heterocycles. The fourth-order valence-corrected chi connectivity index (χ4v) is 3.99. The summed E-state index contributed by atoms with van der Waals surface area (Å²) < 4.78 is 0. The van der Waals surface area contributed by atoms with Crippen LogP contribution in [0.4, 0.5) is 0 Å². The number of nitrogens with zero attached hydrogens (tertiary/aromatic N) is 1. The topological polar surface area (TPSA) is 79.3 Å². The molecule has 0 spiro atoms. The number of aromatic amines is 1. The maximum absolute atomic E-state index is 12.4. The summed E-state index contributed by atoms with van der Waals surface area (Å²) in [4.78, 5) is 34.6. The molecule has 2 heterocycles. The first-order valence-electron chi connectivity index (χ1n) is 8.77. The summed E-state index contributed by atoms with van der Waals surface area (Å²) in [6, 6.07) is 12.2. The number of nitrogens with one attached hydrogen (secondary N) is 3. The highest BCUT2D eigenvalue weighted by Crippen LogP contribution is 2.30. The molecule has 7 heteroatoms. The molecule has 1 unspecified atom stereocenters. The monoisotopic (exact) mass is 369 g/mol. The Morgan fingerprint density at radius 1 is 1.35 bits per heavy atom. The zero-order valence-electron chi connectivity index (χ0n) is 14.5. The first-order valence-corrected chi connectivity index (χ1v) is 9.59. The molecule has 6 nitrogen and oxygen atoms in total. The van der Waals surface area contributed by atoms with Crippen LogP contribution in [0.15, 0.2) is 41.2 Å². The van der Waals surface area contributed by atoms with Crippen molar-refractivity contribution in [3.8, 4) is 10.4 Å². The van der Waals surface area contributed by atoms with Crippen LogP contribution in [-0.2, 0) is 11.3 Å². The maximum Gasteiger partial charge on any atom is 0.275 e. The van der Waals surface area contributed by atoms with Crippen molar-refractivity contribution in [3.05, 3.63) is 52.6 Å². The zero-order valence-corrected chi connectivity index (χ0v) is 15.4.